The van der Waals surface area contributed by atoms with E-state index in [4.69, 9.17) is 0 Å². The maximum Gasteiger partial charge on any atom is 0.214 e. The zero-order valence-corrected chi connectivity index (χ0v) is 15.0. The zero-order chi connectivity index (χ0) is 16.4. The smallest absolute Gasteiger partial charge is 0.214 e. The Morgan fingerprint density at radius 3 is 2.65 bits per heavy atom. The van der Waals surface area contributed by atoms with E-state index in [1.807, 2.05) is 0 Å². The van der Waals surface area contributed by atoms with Crippen LogP contribution in [0, 0.1) is 19.8 Å². The average molecular weight is 337 g/mol. The standard InChI is InChI=1S/C18H28N2O2S/c1-14-5-6-16(10-15(14)2)12-20-9-3-4-17(13-20)11-19-23(21,22)18-7-8-18/h5-6,10,17-19H,3-4,7-9,11-13H2,1-2H3/t17-/m1/s1. The molecule has 5 heteroatoms. The largest absolute Gasteiger partial charge is 0.299 e. The predicted molar refractivity (Wildman–Crippen MR) is 93.9 cm³/mol. The molecule has 1 aromatic carbocycles. The minimum Gasteiger partial charge on any atom is -0.299 e. The molecule has 0 radical (unpaired) electrons. The monoisotopic (exact) mass is 336 g/mol. The van der Waals surface area contributed by atoms with Crippen molar-refractivity contribution in [2.75, 3.05) is 19.6 Å². The van der Waals surface area contributed by atoms with Gasteiger partial charge in [0.05, 0.1) is 5.25 Å². The van der Waals surface area contributed by atoms with E-state index in [-0.39, 0.29) is 5.25 Å². The van der Waals surface area contributed by atoms with Crippen LogP contribution in [0.15, 0.2) is 18.2 Å². The van der Waals surface area contributed by atoms with Gasteiger partial charge in [-0.1, -0.05) is 18.2 Å². The highest BCUT2D eigenvalue weighted by Crippen LogP contribution is 2.28. The Hall–Kier alpha value is -0.910. The highest BCUT2D eigenvalue weighted by molar-refractivity contribution is 7.90. The molecule has 1 aliphatic heterocycles. The average Bonchev–Trinajstić information content (AvgIpc) is 3.35. The molecule has 0 amide bonds. The summed E-state index contributed by atoms with van der Waals surface area (Å²) in [5.41, 5.74) is 4.03. The zero-order valence-electron chi connectivity index (χ0n) is 14.2. The van der Waals surface area contributed by atoms with Crippen LogP contribution in [0.1, 0.15) is 42.4 Å². The minimum absolute atomic E-state index is 0.113. The van der Waals surface area contributed by atoms with Gasteiger partial charge in [-0.3, -0.25) is 4.90 Å². The molecule has 128 valence electrons. The van der Waals surface area contributed by atoms with Gasteiger partial charge in [0, 0.05) is 19.6 Å². The fraction of sp³-hybridized carbons (Fsp3) is 0.667. The molecule has 0 bridgehead atoms. The summed E-state index contributed by atoms with van der Waals surface area (Å²) in [5, 5.41) is -0.113. The number of piperidine rings is 1. The molecular weight excluding hydrogens is 308 g/mol. The van der Waals surface area contributed by atoms with Crippen LogP contribution in [0.25, 0.3) is 0 Å². The SMILES string of the molecule is Cc1ccc(CN2CCC[C@H](CNS(=O)(=O)C3CC3)C2)cc1C. The van der Waals surface area contributed by atoms with E-state index < -0.39 is 10.0 Å². The van der Waals surface area contributed by atoms with Crippen molar-refractivity contribution in [3.05, 3.63) is 34.9 Å². The van der Waals surface area contributed by atoms with Crippen LogP contribution in [0.3, 0.4) is 0 Å². The number of nitrogens with one attached hydrogen (secondary N) is 1. The number of aryl methyl sites for hydroxylation is 2. The van der Waals surface area contributed by atoms with E-state index in [1.165, 1.54) is 16.7 Å². The lowest BCUT2D eigenvalue weighted by molar-refractivity contribution is 0.169. The lowest BCUT2D eigenvalue weighted by Crippen LogP contribution is -2.41. The van der Waals surface area contributed by atoms with E-state index in [9.17, 15) is 8.42 Å². The van der Waals surface area contributed by atoms with Gasteiger partial charge in [0.25, 0.3) is 0 Å². The first kappa shape index (κ1) is 16.9. The topological polar surface area (TPSA) is 49.4 Å². The highest BCUT2D eigenvalue weighted by atomic mass is 32.2. The van der Waals surface area contributed by atoms with Crippen molar-refractivity contribution < 1.29 is 8.42 Å². The van der Waals surface area contributed by atoms with Crippen LogP contribution >= 0.6 is 0 Å². The molecule has 1 aromatic rings. The van der Waals surface area contributed by atoms with Crippen molar-refractivity contribution in [2.45, 2.75) is 51.3 Å². The molecular formula is C18H28N2O2S. The second kappa shape index (κ2) is 6.91. The summed E-state index contributed by atoms with van der Waals surface area (Å²) in [6.45, 7) is 7.96. The molecule has 1 aliphatic carbocycles. The summed E-state index contributed by atoms with van der Waals surface area (Å²) in [4.78, 5) is 2.46. The van der Waals surface area contributed by atoms with Crippen molar-refractivity contribution in [3.63, 3.8) is 0 Å². The Morgan fingerprint density at radius 1 is 1.17 bits per heavy atom. The molecule has 0 aromatic heterocycles. The van der Waals surface area contributed by atoms with Crippen molar-refractivity contribution >= 4 is 10.0 Å². The van der Waals surface area contributed by atoms with E-state index in [0.29, 0.717) is 12.5 Å². The number of nitrogens with zero attached hydrogens (tertiary/aromatic N) is 1. The van der Waals surface area contributed by atoms with E-state index in [0.717, 1.165) is 45.3 Å². The Kier molecular flexibility index (Phi) is 5.09. The molecule has 0 spiro atoms. The molecule has 3 rings (SSSR count). The fourth-order valence-corrected chi connectivity index (χ4v) is 4.81. The summed E-state index contributed by atoms with van der Waals surface area (Å²) in [6.07, 6.45) is 3.94. The van der Waals surface area contributed by atoms with Gasteiger partial charge >= 0.3 is 0 Å². The van der Waals surface area contributed by atoms with Crippen LogP contribution in [0.4, 0.5) is 0 Å². The molecule has 2 fully saturated rings. The lowest BCUT2D eigenvalue weighted by Gasteiger charge is -2.33. The van der Waals surface area contributed by atoms with Crippen molar-refractivity contribution in [1.29, 1.82) is 0 Å². The molecule has 1 N–H and O–H groups in total. The lowest BCUT2D eigenvalue weighted by atomic mass is 9.97. The van der Waals surface area contributed by atoms with Crippen LogP contribution in [0.5, 0.6) is 0 Å². The van der Waals surface area contributed by atoms with Crippen molar-refractivity contribution in [1.82, 2.24) is 9.62 Å². The normalized spacial score (nSPS) is 23.1. The maximum absolute atomic E-state index is 12.0. The summed E-state index contributed by atoms with van der Waals surface area (Å²) in [6, 6.07) is 6.67. The molecule has 1 atom stereocenters. The molecule has 1 saturated carbocycles. The number of likely N-dealkylation sites (tertiary alicyclic amines) is 1. The predicted octanol–water partition coefficient (Wildman–Crippen LogP) is 2.60. The highest BCUT2D eigenvalue weighted by Gasteiger charge is 2.35. The van der Waals surface area contributed by atoms with Gasteiger partial charge in [0.1, 0.15) is 0 Å². The van der Waals surface area contributed by atoms with Crippen molar-refractivity contribution in [2.24, 2.45) is 5.92 Å². The van der Waals surface area contributed by atoms with E-state index in [2.05, 4.69) is 41.7 Å². The van der Waals surface area contributed by atoms with Gasteiger partial charge in [-0.25, -0.2) is 13.1 Å². The van der Waals surface area contributed by atoms with Crippen LogP contribution in [0.2, 0.25) is 0 Å². The van der Waals surface area contributed by atoms with Gasteiger partial charge in [-0.15, -0.1) is 0 Å². The fourth-order valence-electron chi connectivity index (χ4n) is 3.35. The maximum atomic E-state index is 12.0. The van der Waals surface area contributed by atoms with Gasteiger partial charge < -0.3 is 0 Å². The summed E-state index contributed by atoms with van der Waals surface area (Å²) < 4.78 is 26.7. The Morgan fingerprint density at radius 2 is 1.96 bits per heavy atom. The molecule has 2 aliphatic rings. The Labute approximate surface area is 140 Å². The van der Waals surface area contributed by atoms with Gasteiger partial charge in [-0.2, -0.15) is 0 Å². The molecule has 0 unspecified atom stereocenters. The van der Waals surface area contributed by atoms with Gasteiger partial charge in [-0.05, 0) is 68.7 Å². The van der Waals surface area contributed by atoms with Crippen molar-refractivity contribution in [3.8, 4) is 0 Å². The summed E-state index contributed by atoms with van der Waals surface area (Å²) >= 11 is 0. The molecule has 1 saturated heterocycles. The third kappa shape index (κ3) is 4.55. The molecule has 23 heavy (non-hydrogen) atoms. The second-order valence-electron chi connectivity index (χ2n) is 7.25. The number of sulfonamides is 1. The summed E-state index contributed by atoms with van der Waals surface area (Å²) in [5.74, 6) is 0.434. The van der Waals surface area contributed by atoms with Gasteiger partial charge in [0.15, 0.2) is 0 Å². The second-order valence-corrected chi connectivity index (χ2v) is 9.30. The van der Waals surface area contributed by atoms with Crippen LogP contribution in [-0.4, -0.2) is 38.2 Å². The third-order valence-electron chi connectivity index (χ3n) is 5.12. The van der Waals surface area contributed by atoms with E-state index >= 15 is 0 Å². The Balaban J connectivity index is 1.52. The molecule has 4 nitrogen and oxygen atoms in total. The van der Waals surface area contributed by atoms with Crippen LogP contribution in [-0.2, 0) is 16.6 Å². The Bertz CT molecular complexity index is 653. The first-order valence-electron chi connectivity index (χ1n) is 8.71. The van der Waals surface area contributed by atoms with E-state index in [1.54, 1.807) is 0 Å². The quantitative estimate of drug-likeness (QED) is 0.869. The number of hydrogen-bond donors (Lipinski definition) is 1. The van der Waals surface area contributed by atoms with Gasteiger partial charge in [0.2, 0.25) is 10.0 Å². The summed E-state index contributed by atoms with van der Waals surface area (Å²) in [7, 11) is -3.04. The molecule has 1 heterocycles. The first-order valence-corrected chi connectivity index (χ1v) is 10.3. The minimum atomic E-state index is -3.04. The number of benzene rings is 1. The van der Waals surface area contributed by atoms with Crippen LogP contribution < -0.4 is 4.72 Å². The first-order chi connectivity index (χ1) is 10.9. The number of rotatable bonds is 6. The third-order valence-corrected chi connectivity index (χ3v) is 7.04. The number of hydrogen-bond acceptors (Lipinski definition) is 3.